The van der Waals surface area contributed by atoms with Crippen molar-refractivity contribution in [2.75, 3.05) is 11.9 Å². The van der Waals surface area contributed by atoms with Crippen molar-refractivity contribution in [2.24, 2.45) is 0 Å². The maximum atomic E-state index is 12.4. The van der Waals surface area contributed by atoms with Crippen molar-refractivity contribution in [1.29, 1.82) is 0 Å². The third-order valence-electron chi connectivity index (χ3n) is 4.26. The molecule has 0 saturated heterocycles. The monoisotopic (exact) mass is 371 g/mol. The lowest BCUT2D eigenvalue weighted by molar-refractivity contribution is -0.115. The Kier molecular flexibility index (Phi) is 4.23. The lowest BCUT2D eigenvalue weighted by atomic mass is 10.1. The van der Waals surface area contributed by atoms with Gasteiger partial charge in [-0.3, -0.25) is 4.79 Å². The Morgan fingerprint density at radius 3 is 2.81 bits per heavy atom. The van der Waals surface area contributed by atoms with Gasteiger partial charge in [0.05, 0.1) is 24.7 Å². The number of fused-ring (bicyclic) bond motifs is 2. The smallest absolute Gasteiger partial charge is 0.241 e. The van der Waals surface area contributed by atoms with Crippen LogP contribution in [0.5, 0.6) is 0 Å². The number of carbonyl (C=O) groups is 1. The van der Waals surface area contributed by atoms with Gasteiger partial charge in [-0.1, -0.05) is 6.07 Å². The molecule has 1 aromatic heterocycles. The molecule has 1 amide bonds. The van der Waals surface area contributed by atoms with Crippen LogP contribution < -0.4 is 10.0 Å². The van der Waals surface area contributed by atoms with Gasteiger partial charge < -0.3 is 15.0 Å². The molecule has 0 aliphatic carbocycles. The van der Waals surface area contributed by atoms with E-state index in [9.17, 15) is 13.2 Å². The Hall–Kier alpha value is -2.68. The van der Waals surface area contributed by atoms with Gasteiger partial charge in [0.2, 0.25) is 15.9 Å². The van der Waals surface area contributed by atoms with Gasteiger partial charge in [-0.05, 0) is 47.5 Å². The molecule has 7 nitrogen and oxygen atoms in total. The summed E-state index contributed by atoms with van der Waals surface area (Å²) in [6.07, 6.45) is 1.81. The highest BCUT2D eigenvalue weighted by molar-refractivity contribution is 7.89. The predicted molar refractivity (Wildman–Crippen MR) is 97.1 cm³/mol. The van der Waals surface area contributed by atoms with Crippen LogP contribution in [0.15, 0.2) is 53.6 Å². The number of aromatic nitrogens is 1. The number of rotatable bonds is 5. The first-order chi connectivity index (χ1) is 12.5. The molecule has 0 saturated carbocycles. The van der Waals surface area contributed by atoms with Crippen LogP contribution in [0.25, 0.3) is 10.9 Å². The third-order valence-corrected chi connectivity index (χ3v) is 5.66. The number of aromatic amines is 1. The van der Waals surface area contributed by atoms with E-state index in [4.69, 9.17) is 4.74 Å². The maximum Gasteiger partial charge on any atom is 0.241 e. The second kappa shape index (κ2) is 6.56. The van der Waals surface area contributed by atoms with Crippen LogP contribution in [0.2, 0.25) is 0 Å². The molecule has 1 aliphatic rings. The minimum atomic E-state index is -3.77. The molecule has 0 radical (unpaired) electrons. The third kappa shape index (κ3) is 3.34. The zero-order valence-corrected chi connectivity index (χ0v) is 14.6. The van der Waals surface area contributed by atoms with E-state index in [1.807, 2.05) is 24.4 Å². The molecular formula is C18H17N3O4S. The second-order valence-corrected chi connectivity index (χ2v) is 7.84. The summed E-state index contributed by atoms with van der Waals surface area (Å²) in [7, 11) is -3.77. The first-order valence-corrected chi connectivity index (χ1v) is 9.56. The van der Waals surface area contributed by atoms with Crippen LogP contribution in [-0.2, 0) is 32.8 Å². The number of hydrogen-bond acceptors (Lipinski definition) is 4. The van der Waals surface area contributed by atoms with Crippen molar-refractivity contribution in [3.63, 3.8) is 0 Å². The highest BCUT2D eigenvalue weighted by Crippen LogP contribution is 2.23. The summed E-state index contributed by atoms with van der Waals surface area (Å²) in [5.74, 6) is -0.437. The topological polar surface area (TPSA) is 100 Å². The summed E-state index contributed by atoms with van der Waals surface area (Å²) in [5, 5.41) is 3.65. The standard InChI is InChI=1S/C18H17N3O4S/c22-18(21-15-2-4-17-12(7-15)5-6-19-17)9-20-26(23,24)16-3-1-13-10-25-11-14(13)8-16/h1-8,19-20H,9-11H2,(H,21,22). The largest absolute Gasteiger partial charge is 0.372 e. The number of benzene rings is 2. The van der Waals surface area contributed by atoms with Crippen molar-refractivity contribution < 1.29 is 17.9 Å². The van der Waals surface area contributed by atoms with Gasteiger partial charge in [-0.15, -0.1) is 0 Å². The summed E-state index contributed by atoms with van der Waals surface area (Å²) in [6, 6.07) is 12.2. The molecule has 0 atom stereocenters. The second-order valence-electron chi connectivity index (χ2n) is 6.08. The average molecular weight is 371 g/mol. The summed E-state index contributed by atoms with van der Waals surface area (Å²) >= 11 is 0. The fourth-order valence-electron chi connectivity index (χ4n) is 2.90. The molecule has 3 aromatic rings. The van der Waals surface area contributed by atoms with Gasteiger partial charge in [-0.25, -0.2) is 13.1 Å². The number of H-pyrrole nitrogens is 1. The van der Waals surface area contributed by atoms with Gasteiger partial charge in [0, 0.05) is 22.8 Å². The van der Waals surface area contributed by atoms with E-state index in [2.05, 4.69) is 15.0 Å². The van der Waals surface area contributed by atoms with Crippen LogP contribution in [0.1, 0.15) is 11.1 Å². The summed E-state index contributed by atoms with van der Waals surface area (Å²) in [5.41, 5.74) is 3.42. The molecule has 134 valence electrons. The van der Waals surface area contributed by atoms with Crippen molar-refractivity contribution in [3.05, 3.63) is 59.8 Å². The molecule has 3 N–H and O–H groups in total. The minimum Gasteiger partial charge on any atom is -0.372 e. The van der Waals surface area contributed by atoms with Gasteiger partial charge in [0.25, 0.3) is 0 Å². The molecule has 2 heterocycles. The quantitative estimate of drug-likeness (QED) is 0.639. The first-order valence-electron chi connectivity index (χ1n) is 8.07. The Bertz CT molecular complexity index is 1090. The zero-order valence-electron chi connectivity index (χ0n) is 13.8. The van der Waals surface area contributed by atoms with Crippen molar-refractivity contribution in [3.8, 4) is 0 Å². The summed E-state index contributed by atoms with van der Waals surface area (Å²) in [4.78, 5) is 15.3. The zero-order chi connectivity index (χ0) is 18.1. The van der Waals surface area contributed by atoms with Gasteiger partial charge >= 0.3 is 0 Å². The first kappa shape index (κ1) is 16.8. The lowest BCUT2D eigenvalue weighted by Gasteiger charge is -2.09. The van der Waals surface area contributed by atoms with Crippen LogP contribution in [0.3, 0.4) is 0 Å². The molecule has 4 rings (SSSR count). The number of carbonyl (C=O) groups excluding carboxylic acids is 1. The maximum absolute atomic E-state index is 12.4. The number of sulfonamides is 1. The van der Waals surface area contributed by atoms with Crippen molar-refractivity contribution in [2.45, 2.75) is 18.1 Å². The van der Waals surface area contributed by atoms with Gasteiger partial charge in [-0.2, -0.15) is 0 Å². The summed E-state index contributed by atoms with van der Waals surface area (Å²) < 4.78 is 32.4. The lowest BCUT2D eigenvalue weighted by Crippen LogP contribution is -2.33. The van der Waals surface area contributed by atoms with E-state index >= 15 is 0 Å². The Morgan fingerprint density at radius 1 is 1.08 bits per heavy atom. The number of anilines is 1. The van der Waals surface area contributed by atoms with Gasteiger partial charge in [0.15, 0.2) is 0 Å². The molecule has 0 spiro atoms. The SMILES string of the molecule is O=C(CNS(=O)(=O)c1ccc2c(c1)COC2)Nc1ccc2[nH]ccc2c1. The molecular weight excluding hydrogens is 354 g/mol. The highest BCUT2D eigenvalue weighted by Gasteiger charge is 2.19. The fourth-order valence-corrected chi connectivity index (χ4v) is 3.93. The molecule has 0 bridgehead atoms. The minimum absolute atomic E-state index is 0.128. The predicted octanol–water partition coefficient (Wildman–Crippen LogP) is 2.12. The highest BCUT2D eigenvalue weighted by atomic mass is 32.2. The number of hydrogen-bond donors (Lipinski definition) is 3. The Morgan fingerprint density at radius 2 is 1.92 bits per heavy atom. The molecule has 1 aliphatic heterocycles. The van der Waals surface area contributed by atoms with Crippen LogP contribution in [0.4, 0.5) is 5.69 Å². The summed E-state index contributed by atoms with van der Waals surface area (Å²) in [6.45, 7) is 0.554. The molecule has 8 heteroatoms. The van der Waals surface area contributed by atoms with Crippen LogP contribution in [0, 0.1) is 0 Å². The van der Waals surface area contributed by atoms with E-state index in [0.29, 0.717) is 18.9 Å². The number of amides is 1. The van der Waals surface area contributed by atoms with E-state index < -0.39 is 15.9 Å². The number of ether oxygens (including phenoxy) is 1. The van der Waals surface area contributed by atoms with E-state index in [1.165, 1.54) is 6.07 Å². The molecule has 0 fully saturated rings. The van der Waals surface area contributed by atoms with Crippen molar-refractivity contribution in [1.82, 2.24) is 9.71 Å². The van der Waals surface area contributed by atoms with Crippen molar-refractivity contribution >= 4 is 32.5 Å². The molecule has 2 aromatic carbocycles. The Labute approximate surface area is 150 Å². The van der Waals surface area contributed by atoms with Crippen LogP contribution >= 0.6 is 0 Å². The van der Waals surface area contributed by atoms with E-state index in [-0.39, 0.29) is 11.4 Å². The normalized spacial score (nSPS) is 13.7. The average Bonchev–Trinajstić information content (AvgIpc) is 3.27. The molecule has 26 heavy (non-hydrogen) atoms. The van der Waals surface area contributed by atoms with E-state index in [0.717, 1.165) is 22.0 Å². The fraction of sp³-hybridized carbons (Fsp3) is 0.167. The molecule has 0 unspecified atom stereocenters. The van der Waals surface area contributed by atoms with Crippen LogP contribution in [-0.4, -0.2) is 25.9 Å². The van der Waals surface area contributed by atoms with Gasteiger partial charge in [0.1, 0.15) is 0 Å². The number of nitrogens with one attached hydrogen (secondary N) is 3. The Balaban J connectivity index is 1.41. The van der Waals surface area contributed by atoms with E-state index in [1.54, 1.807) is 18.2 Å².